The monoisotopic (exact) mass is 302 g/mol. The van der Waals surface area contributed by atoms with E-state index in [1.807, 2.05) is 78.9 Å². The molecule has 0 fully saturated rings. The van der Waals surface area contributed by atoms with Gasteiger partial charge in [0.05, 0.1) is 0 Å². The smallest absolute Gasteiger partial charge is 0.185 e. The Labute approximate surface area is 136 Å². The second-order valence-corrected chi connectivity index (χ2v) is 4.66. The van der Waals surface area contributed by atoms with Crippen molar-refractivity contribution in [2.24, 2.45) is 0 Å². The van der Waals surface area contributed by atoms with Gasteiger partial charge in [0.15, 0.2) is 5.78 Å². The van der Waals surface area contributed by atoms with Gasteiger partial charge in [0, 0.05) is 5.56 Å². The van der Waals surface area contributed by atoms with Gasteiger partial charge < -0.3 is 4.74 Å². The van der Waals surface area contributed by atoms with Gasteiger partial charge in [-0.05, 0) is 30.3 Å². The van der Waals surface area contributed by atoms with Gasteiger partial charge in [-0.25, -0.2) is 0 Å². The minimum absolute atomic E-state index is 0.0272. The van der Waals surface area contributed by atoms with Crippen LogP contribution in [0.3, 0.4) is 0 Å². The predicted molar refractivity (Wildman–Crippen MR) is 93.9 cm³/mol. The number of carbonyl (C=O) groups is 1. The van der Waals surface area contributed by atoms with Crippen molar-refractivity contribution in [3.05, 3.63) is 109 Å². The number of ether oxygens (including phenoxy) is 1. The fourth-order valence-electron chi connectivity index (χ4n) is 1.83. The fraction of sp³-hybridized carbons (Fsp3) is 0. The maximum atomic E-state index is 10.9. The zero-order valence-electron chi connectivity index (χ0n) is 12.8. The van der Waals surface area contributed by atoms with Gasteiger partial charge in [-0.1, -0.05) is 73.3 Å². The molecular formula is C21H18O2. The molecule has 0 atom stereocenters. The van der Waals surface area contributed by atoms with E-state index in [9.17, 15) is 4.79 Å². The van der Waals surface area contributed by atoms with E-state index in [1.54, 1.807) is 12.1 Å². The zero-order valence-corrected chi connectivity index (χ0v) is 12.8. The number of hydrogen-bond donors (Lipinski definition) is 0. The summed E-state index contributed by atoms with van der Waals surface area (Å²) < 4.78 is 5.58. The number of para-hydroxylation sites is 2. The summed E-state index contributed by atoms with van der Waals surface area (Å²) in [5.74, 6) is 1.71. The Bertz CT molecular complexity index is 682. The van der Waals surface area contributed by atoms with Gasteiger partial charge in [-0.15, -0.1) is 0 Å². The summed E-state index contributed by atoms with van der Waals surface area (Å²) in [5.41, 5.74) is 0.692. The van der Waals surface area contributed by atoms with Crippen LogP contribution in [0.25, 0.3) is 0 Å². The van der Waals surface area contributed by atoms with Crippen LogP contribution < -0.4 is 4.74 Å². The molecule has 3 aromatic rings. The molecule has 0 radical (unpaired) electrons. The molecule has 0 amide bonds. The molecule has 0 spiro atoms. The van der Waals surface area contributed by atoms with Crippen molar-refractivity contribution in [2.75, 3.05) is 0 Å². The summed E-state index contributed by atoms with van der Waals surface area (Å²) in [7, 11) is 0. The Kier molecular flexibility index (Phi) is 6.36. The van der Waals surface area contributed by atoms with Crippen LogP contribution in [0.4, 0.5) is 0 Å². The number of hydrogen-bond acceptors (Lipinski definition) is 2. The van der Waals surface area contributed by atoms with Crippen molar-refractivity contribution >= 4 is 5.78 Å². The number of benzene rings is 3. The van der Waals surface area contributed by atoms with E-state index >= 15 is 0 Å². The Balaban J connectivity index is 0.000000174. The first kappa shape index (κ1) is 16.2. The van der Waals surface area contributed by atoms with E-state index in [2.05, 4.69) is 6.58 Å². The average Bonchev–Trinajstić information content (AvgIpc) is 2.64. The third-order valence-corrected chi connectivity index (χ3v) is 2.97. The molecule has 0 unspecified atom stereocenters. The lowest BCUT2D eigenvalue weighted by Crippen LogP contribution is -1.90. The molecular weight excluding hydrogens is 284 g/mol. The zero-order chi connectivity index (χ0) is 16.3. The van der Waals surface area contributed by atoms with Crippen molar-refractivity contribution in [1.82, 2.24) is 0 Å². The SMILES string of the molecule is C=CC(=O)c1ccccc1.c1ccc(Oc2ccccc2)cc1. The molecule has 3 rings (SSSR count). The van der Waals surface area contributed by atoms with Gasteiger partial charge in [0.25, 0.3) is 0 Å². The maximum absolute atomic E-state index is 10.9. The van der Waals surface area contributed by atoms with Crippen molar-refractivity contribution in [3.8, 4) is 11.5 Å². The first-order valence-electron chi connectivity index (χ1n) is 7.29. The molecule has 0 aliphatic heterocycles. The van der Waals surface area contributed by atoms with Crippen LogP contribution >= 0.6 is 0 Å². The lowest BCUT2D eigenvalue weighted by atomic mass is 10.1. The minimum Gasteiger partial charge on any atom is -0.457 e. The standard InChI is InChI=1S/C12H10O.C9H8O/c1-3-7-11(8-4-1)13-12-9-5-2-6-10-12;1-2-9(10)8-6-4-3-5-7-8/h1-10H;2-7H,1H2. The third-order valence-electron chi connectivity index (χ3n) is 2.97. The molecule has 2 heteroatoms. The van der Waals surface area contributed by atoms with Crippen LogP contribution in [-0.2, 0) is 0 Å². The molecule has 2 nitrogen and oxygen atoms in total. The van der Waals surface area contributed by atoms with Crippen molar-refractivity contribution < 1.29 is 9.53 Å². The summed E-state index contributed by atoms with van der Waals surface area (Å²) in [6, 6.07) is 28.6. The number of allylic oxidation sites excluding steroid dienone is 1. The van der Waals surface area contributed by atoms with E-state index in [0.717, 1.165) is 11.5 Å². The highest BCUT2D eigenvalue weighted by atomic mass is 16.5. The molecule has 114 valence electrons. The molecule has 0 aromatic heterocycles. The molecule has 23 heavy (non-hydrogen) atoms. The summed E-state index contributed by atoms with van der Waals surface area (Å²) in [6.45, 7) is 3.39. The largest absolute Gasteiger partial charge is 0.457 e. The topological polar surface area (TPSA) is 26.3 Å². The molecule has 0 saturated heterocycles. The second kappa shape index (κ2) is 9.00. The minimum atomic E-state index is -0.0272. The van der Waals surface area contributed by atoms with Crippen LogP contribution in [0.5, 0.6) is 11.5 Å². The summed E-state index contributed by atoms with van der Waals surface area (Å²) in [6.07, 6.45) is 1.31. The molecule has 0 heterocycles. The second-order valence-electron chi connectivity index (χ2n) is 4.66. The number of rotatable bonds is 4. The van der Waals surface area contributed by atoms with Gasteiger partial charge >= 0.3 is 0 Å². The Morgan fingerprint density at radius 2 is 1.09 bits per heavy atom. The van der Waals surface area contributed by atoms with E-state index in [1.165, 1.54) is 6.08 Å². The molecule has 0 N–H and O–H groups in total. The highest BCUT2D eigenvalue weighted by molar-refractivity contribution is 6.04. The first-order chi connectivity index (χ1) is 11.3. The molecule has 0 saturated carbocycles. The summed E-state index contributed by atoms with van der Waals surface area (Å²) in [4.78, 5) is 10.9. The Morgan fingerprint density at radius 1 is 0.696 bits per heavy atom. The number of carbonyl (C=O) groups excluding carboxylic acids is 1. The lowest BCUT2D eigenvalue weighted by molar-refractivity contribution is 0.104. The van der Waals surface area contributed by atoms with Crippen LogP contribution in [0.15, 0.2) is 104 Å². The molecule has 0 aliphatic rings. The number of ketones is 1. The molecule has 3 aromatic carbocycles. The van der Waals surface area contributed by atoms with Crippen LogP contribution in [-0.4, -0.2) is 5.78 Å². The fourth-order valence-corrected chi connectivity index (χ4v) is 1.83. The summed E-state index contributed by atoms with van der Waals surface area (Å²) in [5, 5.41) is 0. The molecule has 0 aliphatic carbocycles. The van der Waals surface area contributed by atoms with E-state index in [4.69, 9.17) is 4.74 Å². The van der Waals surface area contributed by atoms with Crippen LogP contribution in [0, 0.1) is 0 Å². The van der Waals surface area contributed by atoms with E-state index in [0.29, 0.717) is 5.56 Å². The van der Waals surface area contributed by atoms with Crippen molar-refractivity contribution in [1.29, 1.82) is 0 Å². The van der Waals surface area contributed by atoms with E-state index in [-0.39, 0.29) is 5.78 Å². The van der Waals surface area contributed by atoms with Gasteiger partial charge in [-0.3, -0.25) is 4.79 Å². The Hall–Kier alpha value is -3.13. The van der Waals surface area contributed by atoms with Gasteiger partial charge in [0.2, 0.25) is 0 Å². The highest BCUT2D eigenvalue weighted by Gasteiger charge is 1.96. The average molecular weight is 302 g/mol. The summed E-state index contributed by atoms with van der Waals surface area (Å²) >= 11 is 0. The van der Waals surface area contributed by atoms with Crippen LogP contribution in [0.2, 0.25) is 0 Å². The Morgan fingerprint density at radius 3 is 1.48 bits per heavy atom. The lowest BCUT2D eigenvalue weighted by Gasteiger charge is -2.03. The normalized spacial score (nSPS) is 9.22. The van der Waals surface area contributed by atoms with E-state index < -0.39 is 0 Å². The van der Waals surface area contributed by atoms with Crippen molar-refractivity contribution in [2.45, 2.75) is 0 Å². The van der Waals surface area contributed by atoms with Crippen LogP contribution in [0.1, 0.15) is 10.4 Å². The quantitative estimate of drug-likeness (QED) is 0.467. The highest BCUT2D eigenvalue weighted by Crippen LogP contribution is 2.19. The third kappa shape index (κ3) is 5.64. The predicted octanol–water partition coefficient (Wildman–Crippen LogP) is 5.53. The molecule has 0 bridgehead atoms. The van der Waals surface area contributed by atoms with Crippen molar-refractivity contribution in [3.63, 3.8) is 0 Å². The first-order valence-corrected chi connectivity index (χ1v) is 7.29. The maximum Gasteiger partial charge on any atom is 0.185 e. The van der Waals surface area contributed by atoms with Gasteiger partial charge in [0.1, 0.15) is 11.5 Å². The van der Waals surface area contributed by atoms with Gasteiger partial charge in [-0.2, -0.15) is 0 Å².